The van der Waals surface area contributed by atoms with Gasteiger partial charge in [0.05, 0.1) is 11.1 Å². The highest BCUT2D eigenvalue weighted by molar-refractivity contribution is 9.10. The second kappa shape index (κ2) is 7.52. The van der Waals surface area contributed by atoms with E-state index in [0.29, 0.717) is 13.0 Å². The summed E-state index contributed by atoms with van der Waals surface area (Å²) in [6.07, 6.45) is 0.648. The summed E-state index contributed by atoms with van der Waals surface area (Å²) in [6, 6.07) is 11.6. The van der Waals surface area contributed by atoms with Crippen LogP contribution in [-0.4, -0.2) is 12.6 Å². The van der Waals surface area contributed by atoms with E-state index in [2.05, 4.69) is 15.9 Å². The van der Waals surface area contributed by atoms with E-state index in [1.54, 1.807) is 0 Å². The Morgan fingerprint density at radius 1 is 1.10 bits per heavy atom. The average molecular weight is 356 g/mol. The van der Waals surface area contributed by atoms with Gasteiger partial charge >= 0.3 is 0 Å². The summed E-state index contributed by atoms with van der Waals surface area (Å²) in [5.74, 6) is -0.408. The van der Waals surface area contributed by atoms with Crippen LogP contribution in [-0.2, 0) is 6.42 Å². The molecule has 21 heavy (non-hydrogen) atoms. The molecule has 0 aliphatic carbocycles. The van der Waals surface area contributed by atoms with Crippen molar-refractivity contribution in [2.24, 2.45) is 5.73 Å². The topological polar surface area (TPSA) is 35.2 Å². The summed E-state index contributed by atoms with van der Waals surface area (Å²) in [5.41, 5.74) is 5.94. The Balaban J connectivity index is 1.88. The zero-order valence-electron chi connectivity index (χ0n) is 11.4. The highest BCUT2D eigenvalue weighted by atomic mass is 79.9. The maximum Gasteiger partial charge on any atom is 0.143 e. The Hall–Kier alpha value is -1.46. The van der Waals surface area contributed by atoms with Crippen molar-refractivity contribution in [2.45, 2.75) is 18.9 Å². The molecule has 112 valence electrons. The second-order valence-electron chi connectivity index (χ2n) is 4.74. The molecule has 0 bridgehead atoms. The highest BCUT2D eigenvalue weighted by Crippen LogP contribution is 2.23. The van der Waals surface area contributed by atoms with Crippen LogP contribution in [0, 0.1) is 11.6 Å². The van der Waals surface area contributed by atoms with E-state index in [1.807, 2.05) is 30.3 Å². The average Bonchev–Trinajstić information content (AvgIpc) is 2.49. The molecule has 0 saturated carbocycles. The first-order chi connectivity index (χ1) is 10.1. The summed E-state index contributed by atoms with van der Waals surface area (Å²) in [7, 11) is 0. The van der Waals surface area contributed by atoms with Crippen LogP contribution in [0.2, 0.25) is 0 Å². The minimum absolute atomic E-state index is 0.0107. The zero-order valence-corrected chi connectivity index (χ0v) is 12.9. The van der Waals surface area contributed by atoms with E-state index in [4.69, 9.17) is 10.5 Å². The molecule has 0 aromatic heterocycles. The first-order valence-electron chi connectivity index (χ1n) is 6.63. The number of ether oxygens (including phenoxy) is 1. The molecule has 0 aliphatic heterocycles. The van der Waals surface area contributed by atoms with Crippen molar-refractivity contribution < 1.29 is 13.5 Å². The monoisotopic (exact) mass is 355 g/mol. The summed E-state index contributed by atoms with van der Waals surface area (Å²) >= 11 is 3.05. The van der Waals surface area contributed by atoms with E-state index in [0.717, 1.165) is 5.75 Å². The number of halogens is 3. The second-order valence-corrected chi connectivity index (χ2v) is 5.59. The lowest BCUT2D eigenvalue weighted by Gasteiger charge is -2.14. The molecule has 2 nitrogen and oxygen atoms in total. The SMILES string of the molecule is NC(CCOc1ccccc1)Cc1c(F)ccc(Br)c1F. The quantitative estimate of drug-likeness (QED) is 0.792. The summed E-state index contributed by atoms with van der Waals surface area (Å²) in [6.45, 7) is 0.405. The van der Waals surface area contributed by atoms with Crippen molar-refractivity contribution in [2.75, 3.05) is 6.61 Å². The molecular weight excluding hydrogens is 340 g/mol. The standard InChI is InChI=1S/C16H16BrF2NO/c17-14-6-7-15(18)13(16(14)19)10-11(20)8-9-21-12-4-2-1-3-5-12/h1-7,11H,8-10,20H2. The third-order valence-corrected chi connectivity index (χ3v) is 3.72. The highest BCUT2D eigenvalue weighted by Gasteiger charge is 2.15. The Bertz CT molecular complexity index is 592. The maximum absolute atomic E-state index is 13.8. The molecule has 0 fully saturated rings. The zero-order chi connectivity index (χ0) is 15.2. The number of rotatable bonds is 6. The first-order valence-corrected chi connectivity index (χ1v) is 7.43. The lowest BCUT2D eigenvalue weighted by Crippen LogP contribution is -2.26. The van der Waals surface area contributed by atoms with Gasteiger partial charge in [0.1, 0.15) is 17.4 Å². The molecule has 0 saturated heterocycles. The van der Waals surface area contributed by atoms with Gasteiger partial charge < -0.3 is 10.5 Å². The third-order valence-electron chi connectivity index (χ3n) is 3.11. The molecule has 0 amide bonds. The molecule has 1 atom stereocenters. The van der Waals surface area contributed by atoms with Crippen molar-refractivity contribution in [1.82, 2.24) is 0 Å². The summed E-state index contributed by atoms with van der Waals surface area (Å²) in [4.78, 5) is 0. The molecule has 0 aliphatic rings. The Morgan fingerprint density at radius 2 is 1.81 bits per heavy atom. The van der Waals surface area contributed by atoms with E-state index >= 15 is 0 Å². The van der Waals surface area contributed by atoms with Crippen LogP contribution in [0.25, 0.3) is 0 Å². The Kier molecular flexibility index (Phi) is 5.70. The summed E-state index contributed by atoms with van der Waals surface area (Å²) in [5, 5.41) is 0. The first kappa shape index (κ1) is 15.9. The summed E-state index contributed by atoms with van der Waals surface area (Å²) < 4.78 is 33.2. The van der Waals surface area contributed by atoms with Gasteiger partial charge in [0.2, 0.25) is 0 Å². The molecule has 0 radical (unpaired) electrons. The minimum atomic E-state index is -0.588. The fourth-order valence-electron chi connectivity index (χ4n) is 1.97. The molecule has 2 aromatic carbocycles. The minimum Gasteiger partial charge on any atom is -0.494 e. The smallest absolute Gasteiger partial charge is 0.143 e. The predicted molar refractivity (Wildman–Crippen MR) is 82.3 cm³/mol. The number of hydrogen-bond donors (Lipinski definition) is 1. The van der Waals surface area contributed by atoms with Crippen molar-refractivity contribution in [3.8, 4) is 5.75 Å². The van der Waals surface area contributed by atoms with Crippen LogP contribution in [0.15, 0.2) is 46.9 Å². The molecule has 2 aromatic rings. The molecule has 1 unspecified atom stereocenters. The molecule has 0 heterocycles. The third kappa shape index (κ3) is 4.51. The fourth-order valence-corrected chi connectivity index (χ4v) is 2.34. The maximum atomic E-state index is 13.8. The van der Waals surface area contributed by atoms with Crippen LogP contribution < -0.4 is 10.5 Å². The van der Waals surface area contributed by atoms with Gasteiger partial charge in [-0.1, -0.05) is 18.2 Å². The van der Waals surface area contributed by atoms with E-state index in [9.17, 15) is 8.78 Å². The van der Waals surface area contributed by atoms with Gasteiger partial charge in [0.25, 0.3) is 0 Å². The van der Waals surface area contributed by atoms with Crippen molar-refractivity contribution in [3.05, 3.63) is 64.1 Å². The van der Waals surface area contributed by atoms with Gasteiger partial charge in [0, 0.05) is 11.6 Å². The normalized spacial score (nSPS) is 12.2. The van der Waals surface area contributed by atoms with E-state index in [1.165, 1.54) is 12.1 Å². The molecule has 0 spiro atoms. The fraction of sp³-hybridized carbons (Fsp3) is 0.250. The Morgan fingerprint density at radius 3 is 2.52 bits per heavy atom. The van der Waals surface area contributed by atoms with Crippen LogP contribution in [0.5, 0.6) is 5.75 Å². The van der Waals surface area contributed by atoms with E-state index in [-0.39, 0.29) is 22.5 Å². The molecule has 5 heteroatoms. The lowest BCUT2D eigenvalue weighted by atomic mass is 10.0. The molecule has 2 rings (SSSR count). The van der Waals surface area contributed by atoms with Crippen molar-refractivity contribution >= 4 is 15.9 Å². The van der Waals surface area contributed by atoms with Crippen LogP contribution >= 0.6 is 15.9 Å². The van der Waals surface area contributed by atoms with Crippen molar-refractivity contribution in [3.63, 3.8) is 0 Å². The van der Waals surface area contributed by atoms with Gasteiger partial charge in [-0.05, 0) is 53.0 Å². The van der Waals surface area contributed by atoms with Gasteiger partial charge in [-0.3, -0.25) is 0 Å². The van der Waals surface area contributed by atoms with Gasteiger partial charge in [-0.15, -0.1) is 0 Å². The molecular formula is C16H16BrF2NO. The number of nitrogens with two attached hydrogens (primary N) is 1. The van der Waals surface area contributed by atoms with Gasteiger partial charge in [-0.25, -0.2) is 8.78 Å². The van der Waals surface area contributed by atoms with Gasteiger partial charge in [0.15, 0.2) is 0 Å². The van der Waals surface area contributed by atoms with Crippen LogP contribution in [0.3, 0.4) is 0 Å². The van der Waals surface area contributed by atoms with Crippen LogP contribution in [0.1, 0.15) is 12.0 Å². The van der Waals surface area contributed by atoms with Crippen molar-refractivity contribution in [1.29, 1.82) is 0 Å². The lowest BCUT2D eigenvalue weighted by molar-refractivity contribution is 0.296. The van der Waals surface area contributed by atoms with E-state index < -0.39 is 11.6 Å². The number of para-hydroxylation sites is 1. The predicted octanol–water partition coefficient (Wildman–Crippen LogP) is 4.07. The molecule has 2 N–H and O–H groups in total. The largest absolute Gasteiger partial charge is 0.494 e. The van der Waals surface area contributed by atoms with Crippen LogP contribution in [0.4, 0.5) is 8.78 Å². The number of hydrogen-bond acceptors (Lipinski definition) is 2. The van der Waals surface area contributed by atoms with Gasteiger partial charge in [-0.2, -0.15) is 0 Å². The number of benzene rings is 2. The Labute approximate surface area is 131 Å².